The van der Waals surface area contributed by atoms with Crippen LogP contribution in [0.2, 0.25) is 0 Å². The van der Waals surface area contributed by atoms with E-state index in [0.717, 1.165) is 11.1 Å². The minimum Gasteiger partial charge on any atom is -0.493 e. The van der Waals surface area contributed by atoms with Gasteiger partial charge in [-0.1, -0.05) is 18.2 Å². The fourth-order valence-corrected chi connectivity index (χ4v) is 2.88. The lowest BCUT2D eigenvalue weighted by Gasteiger charge is -2.26. The van der Waals surface area contributed by atoms with Gasteiger partial charge in [0.15, 0.2) is 11.5 Å². The lowest BCUT2D eigenvalue weighted by Crippen LogP contribution is -2.19. The summed E-state index contributed by atoms with van der Waals surface area (Å²) in [6, 6.07) is 5.68. The molecule has 0 radical (unpaired) electrons. The first kappa shape index (κ1) is 21.1. The van der Waals surface area contributed by atoms with Crippen molar-refractivity contribution in [2.24, 2.45) is 5.92 Å². The Labute approximate surface area is 164 Å². The highest BCUT2D eigenvalue weighted by molar-refractivity contribution is 5.82. The van der Waals surface area contributed by atoms with Crippen molar-refractivity contribution >= 4 is 11.9 Å². The normalized spacial score (nSPS) is 15.9. The second-order valence-electron chi connectivity index (χ2n) is 6.04. The molecule has 7 nitrogen and oxygen atoms in total. The summed E-state index contributed by atoms with van der Waals surface area (Å²) in [5.74, 6) is 0.328. The Balaban J connectivity index is 2.27. The minimum absolute atomic E-state index is 0.181. The van der Waals surface area contributed by atoms with Crippen molar-refractivity contribution in [2.75, 3.05) is 28.4 Å². The number of methoxy groups -OCH3 is 4. The van der Waals surface area contributed by atoms with Gasteiger partial charge in [0.05, 0.1) is 41.4 Å². The zero-order chi connectivity index (χ0) is 20.5. The molecule has 0 amide bonds. The van der Waals surface area contributed by atoms with Crippen molar-refractivity contribution in [1.82, 2.24) is 4.90 Å². The number of ether oxygens (including phenoxy) is 4. The Bertz CT molecular complexity index is 796. The van der Waals surface area contributed by atoms with Gasteiger partial charge in [-0.2, -0.15) is 0 Å². The van der Waals surface area contributed by atoms with E-state index in [1.54, 1.807) is 20.3 Å². The minimum atomic E-state index is -0.465. The predicted molar refractivity (Wildman–Crippen MR) is 104 cm³/mol. The molecule has 1 aliphatic heterocycles. The molecule has 2 rings (SSSR count). The zero-order valence-electron chi connectivity index (χ0n) is 16.5. The van der Waals surface area contributed by atoms with Crippen LogP contribution in [0.15, 0.2) is 54.4 Å². The molecule has 1 aliphatic rings. The average Bonchev–Trinajstić information content (AvgIpc) is 2.72. The smallest absolute Gasteiger partial charge is 0.330 e. The number of rotatable bonds is 8. The molecular weight excluding hydrogens is 362 g/mol. The van der Waals surface area contributed by atoms with Crippen molar-refractivity contribution in [3.63, 3.8) is 0 Å². The molecule has 1 aromatic rings. The van der Waals surface area contributed by atoms with E-state index >= 15 is 0 Å². The third kappa shape index (κ3) is 5.39. The van der Waals surface area contributed by atoms with Crippen molar-refractivity contribution < 1.29 is 28.5 Å². The maximum Gasteiger partial charge on any atom is 0.330 e. The maximum absolute atomic E-state index is 11.7. The monoisotopic (exact) mass is 387 g/mol. The van der Waals surface area contributed by atoms with Crippen molar-refractivity contribution in [3.8, 4) is 11.5 Å². The Morgan fingerprint density at radius 3 is 2.54 bits per heavy atom. The molecule has 0 aliphatic carbocycles. The summed E-state index contributed by atoms with van der Waals surface area (Å²) in [5.41, 5.74) is 1.73. The second kappa shape index (κ2) is 10.2. The van der Waals surface area contributed by atoms with E-state index in [0.29, 0.717) is 18.0 Å². The number of benzene rings is 1. The molecule has 1 aromatic carbocycles. The Morgan fingerprint density at radius 1 is 1.11 bits per heavy atom. The number of hydrogen-bond donors (Lipinski definition) is 0. The van der Waals surface area contributed by atoms with Crippen LogP contribution in [0.1, 0.15) is 12.0 Å². The molecule has 0 fully saturated rings. The van der Waals surface area contributed by atoms with Crippen LogP contribution in [-0.2, 0) is 25.6 Å². The fourth-order valence-electron chi connectivity index (χ4n) is 2.88. The summed E-state index contributed by atoms with van der Waals surface area (Å²) in [7, 11) is 5.86. The van der Waals surface area contributed by atoms with Crippen molar-refractivity contribution in [3.05, 3.63) is 60.0 Å². The standard InChI is InChI=1S/C21H25NO6/c1-25-18-7-5-6-17(21(18)28-4)14-22-11-10-15(12-20(24)27-3)16(13-22)8-9-19(23)26-2/h5-11,13,15H,12,14H2,1-4H3/b9-8+. The zero-order valence-corrected chi connectivity index (χ0v) is 16.5. The topological polar surface area (TPSA) is 74.3 Å². The van der Waals surface area contributed by atoms with Gasteiger partial charge in [0.25, 0.3) is 0 Å². The average molecular weight is 387 g/mol. The summed E-state index contributed by atoms with van der Waals surface area (Å²) >= 11 is 0. The molecule has 1 heterocycles. The van der Waals surface area contributed by atoms with Crippen LogP contribution in [0.5, 0.6) is 11.5 Å². The number of carbonyl (C=O) groups is 2. The molecule has 0 aromatic heterocycles. The van der Waals surface area contributed by atoms with E-state index in [-0.39, 0.29) is 18.3 Å². The van der Waals surface area contributed by atoms with Gasteiger partial charge in [0, 0.05) is 30.0 Å². The van der Waals surface area contributed by atoms with Crippen LogP contribution in [0, 0.1) is 5.92 Å². The molecule has 1 atom stereocenters. The van der Waals surface area contributed by atoms with E-state index < -0.39 is 5.97 Å². The maximum atomic E-state index is 11.7. The van der Waals surface area contributed by atoms with Crippen LogP contribution in [-0.4, -0.2) is 45.3 Å². The van der Waals surface area contributed by atoms with Crippen LogP contribution in [0.4, 0.5) is 0 Å². The van der Waals surface area contributed by atoms with Gasteiger partial charge in [-0.05, 0) is 17.7 Å². The molecular formula is C21H25NO6. The van der Waals surface area contributed by atoms with Gasteiger partial charge in [-0.15, -0.1) is 0 Å². The van der Waals surface area contributed by atoms with Gasteiger partial charge in [0.1, 0.15) is 0 Å². The first-order chi connectivity index (χ1) is 13.5. The summed E-state index contributed by atoms with van der Waals surface area (Å²) in [6.07, 6.45) is 8.84. The quantitative estimate of drug-likeness (QED) is 0.502. The summed E-state index contributed by atoms with van der Waals surface area (Å²) < 4.78 is 20.2. The molecule has 150 valence electrons. The van der Waals surface area contributed by atoms with E-state index in [4.69, 9.17) is 14.2 Å². The Hall–Kier alpha value is -3.22. The molecule has 0 saturated heterocycles. The van der Waals surface area contributed by atoms with Crippen molar-refractivity contribution in [2.45, 2.75) is 13.0 Å². The number of allylic oxidation sites excluding steroid dienone is 3. The number of esters is 2. The van der Waals surface area contributed by atoms with Crippen LogP contribution < -0.4 is 9.47 Å². The Morgan fingerprint density at radius 2 is 1.89 bits per heavy atom. The molecule has 7 heteroatoms. The lowest BCUT2D eigenvalue weighted by molar-refractivity contribution is -0.141. The highest BCUT2D eigenvalue weighted by Crippen LogP contribution is 2.33. The predicted octanol–water partition coefficient (Wildman–Crippen LogP) is 2.83. The highest BCUT2D eigenvalue weighted by Gasteiger charge is 2.20. The number of para-hydroxylation sites is 1. The number of carbonyl (C=O) groups excluding carboxylic acids is 2. The van der Waals surface area contributed by atoms with Gasteiger partial charge in [-0.3, -0.25) is 4.79 Å². The largest absolute Gasteiger partial charge is 0.493 e. The lowest BCUT2D eigenvalue weighted by atomic mass is 9.93. The molecule has 28 heavy (non-hydrogen) atoms. The molecule has 0 N–H and O–H groups in total. The van der Waals surface area contributed by atoms with Gasteiger partial charge in [0.2, 0.25) is 0 Å². The summed E-state index contributed by atoms with van der Waals surface area (Å²) in [5, 5.41) is 0. The fraction of sp³-hybridized carbons (Fsp3) is 0.333. The SMILES string of the molecule is COC(=O)/C=C/C1=CN(Cc2cccc(OC)c2OC)C=CC1CC(=O)OC. The van der Waals surface area contributed by atoms with Crippen molar-refractivity contribution in [1.29, 1.82) is 0 Å². The molecule has 0 saturated carbocycles. The third-order valence-electron chi connectivity index (χ3n) is 4.32. The van der Waals surface area contributed by atoms with E-state index in [2.05, 4.69) is 4.74 Å². The molecule has 0 spiro atoms. The number of nitrogens with zero attached hydrogens (tertiary/aromatic N) is 1. The van der Waals surface area contributed by atoms with Gasteiger partial charge in [-0.25, -0.2) is 4.79 Å². The number of hydrogen-bond acceptors (Lipinski definition) is 7. The van der Waals surface area contributed by atoms with Gasteiger partial charge >= 0.3 is 11.9 Å². The third-order valence-corrected chi connectivity index (χ3v) is 4.32. The van der Waals surface area contributed by atoms with Gasteiger partial charge < -0.3 is 23.8 Å². The Kier molecular flexibility index (Phi) is 7.68. The van der Waals surface area contributed by atoms with E-state index in [1.165, 1.54) is 20.3 Å². The van der Waals surface area contributed by atoms with E-state index in [1.807, 2.05) is 41.6 Å². The van der Waals surface area contributed by atoms with Crippen LogP contribution >= 0.6 is 0 Å². The van der Waals surface area contributed by atoms with E-state index in [9.17, 15) is 9.59 Å². The first-order valence-corrected chi connectivity index (χ1v) is 8.70. The van der Waals surface area contributed by atoms with Crippen LogP contribution in [0.25, 0.3) is 0 Å². The summed E-state index contributed by atoms with van der Waals surface area (Å²) in [4.78, 5) is 25.1. The second-order valence-corrected chi connectivity index (χ2v) is 6.04. The summed E-state index contributed by atoms with van der Waals surface area (Å²) in [6.45, 7) is 0.525. The highest BCUT2D eigenvalue weighted by atomic mass is 16.5. The first-order valence-electron chi connectivity index (χ1n) is 8.70. The molecule has 0 bridgehead atoms. The van der Waals surface area contributed by atoms with Crippen LogP contribution in [0.3, 0.4) is 0 Å². The molecule has 1 unspecified atom stereocenters.